The Labute approximate surface area is 142 Å². The second-order valence-corrected chi connectivity index (χ2v) is 18.6. The minimum absolute atomic E-state index is 0.231. The first-order chi connectivity index (χ1) is 9.84. The second-order valence-electron chi connectivity index (χ2n) is 8.62. The molecule has 0 N–H and O–H groups in total. The summed E-state index contributed by atoms with van der Waals surface area (Å²) in [6, 6.07) is 0. The van der Waals surface area contributed by atoms with Gasteiger partial charge in [-0.15, -0.1) is 0 Å². The number of hydrogen-bond donors (Lipinski definition) is 0. The summed E-state index contributed by atoms with van der Waals surface area (Å²) in [5.74, 6) is 0. The Morgan fingerprint density at radius 1 is 0.500 bits per heavy atom. The number of rotatable bonds is 9. The molecule has 0 rings (SSSR count). The topological polar surface area (TPSA) is 18.5 Å². The Bertz CT molecular complexity index is 293. The lowest BCUT2D eigenvalue weighted by Gasteiger charge is -2.51. The van der Waals surface area contributed by atoms with E-state index in [1.165, 1.54) is 0 Å². The predicted octanol–water partition coefficient (Wildman–Crippen LogP) is 6.87. The van der Waals surface area contributed by atoms with Gasteiger partial charge < -0.3 is 8.54 Å². The van der Waals surface area contributed by atoms with Crippen LogP contribution in [0.5, 0.6) is 0 Å². The van der Waals surface area contributed by atoms with Gasteiger partial charge in [-0.3, -0.25) is 0 Å². The molecule has 0 bridgehead atoms. The van der Waals surface area contributed by atoms with Crippen molar-refractivity contribution < 1.29 is 8.54 Å². The van der Waals surface area contributed by atoms with Crippen LogP contribution in [0.15, 0.2) is 0 Å². The third kappa shape index (κ3) is 4.46. The average Bonchev–Trinajstić information content (AvgIpc) is 2.31. The fourth-order valence-electron chi connectivity index (χ4n) is 4.20. The Kier molecular flexibility index (Phi) is 8.59. The molecule has 0 aromatic carbocycles. The summed E-state index contributed by atoms with van der Waals surface area (Å²) in [4.78, 5) is 0. The fraction of sp³-hybridized carbons (Fsp3) is 1.00. The van der Waals surface area contributed by atoms with E-state index in [1.807, 2.05) is 0 Å². The quantitative estimate of drug-likeness (QED) is 0.424. The van der Waals surface area contributed by atoms with Gasteiger partial charge in [0.15, 0.2) is 8.32 Å². The van der Waals surface area contributed by atoms with E-state index in [9.17, 15) is 0 Å². The normalized spacial score (nSPS) is 14.5. The average molecular weight is 347 g/mol. The molecule has 2 nitrogen and oxygen atoms in total. The number of hydrogen-bond acceptors (Lipinski definition) is 2. The minimum atomic E-state index is -2.28. The maximum atomic E-state index is 7.30. The standard InChI is InChI=1S/C18H42O2Si2/c1-13(2)19-22(17(9)10,18(11)12)20-21(14(3)4,15(5)6)16(7)8/h13-18H,1-12H3. The van der Waals surface area contributed by atoms with E-state index in [0.717, 1.165) is 0 Å². The highest BCUT2D eigenvalue weighted by Crippen LogP contribution is 2.48. The van der Waals surface area contributed by atoms with E-state index in [2.05, 4.69) is 83.1 Å². The summed E-state index contributed by atoms with van der Waals surface area (Å²) >= 11 is 0. The van der Waals surface area contributed by atoms with Gasteiger partial charge in [-0.05, 0) is 41.6 Å². The Morgan fingerprint density at radius 3 is 1.00 bits per heavy atom. The summed E-state index contributed by atoms with van der Waals surface area (Å²) < 4.78 is 13.9. The molecule has 0 heterocycles. The van der Waals surface area contributed by atoms with Gasteiger partial charge in [-0.25, -0.2) is 0 Å². The SMILES string of the molecule is CC(C)O[Si](O[Si](C(C)C)(C(C)C)C(C)C)(C(C)C)C(C)C. The van der Waals surface area contributed by atoms with Crippen LogP contribution in [0.4, 0.5) is 0 Å². The molecule has 0 aliphatic rings. The van der Waals surface area contributed by atoms with Crippen LogP contribution in [0, 0.1) is 0 Å². The van der Waals surface area contributed by atoms with Gasteiger partial charge in [0, 0.05) is 6.10 Å². The molecule has 0 spiro atoms. The second kappa shape index (κ2) is 8.45. The molecule has 0 fully saturated rings. The van der Waals surface area contributed by atoms with Crippen molar-refractivity contribution in [1.82, 2.24) is 0 Å². The molecule has 0 amide bonds. The molecule has 134 valence electrons. The Balaban J connectivity index is 6.04. The molecule has 0 radical (unpaired) electrons. The van der Waals surface area contributed by atoms with Crippen molar-refractivity contribution in [3.8, 4) is 0 Å². The first kappa shape index (κ1) is 22.4. The van der Waals surface area contributed by atoms with Crippen LogP contribution < -0.4 is 0 Å². The Hall–Kier alpha value is 0.354. The fourth-order valence-corrected chi connectivity index (χ4v) is 17.9. The van der Waals surface area contributed by atoms with Crippen LogP contribution >= 0.6 is 0 Å². The monoisotopic (exact) mass is 346 g/mol. The Morgan fingerprint density at radius 2 is 0.818 bits per heavy atom. The smallest absolute Gasteiger partial charge is 0.333 e. The highest BCUT2D eigenvalue weighted by atomic mass is 28.4. The van der Waals surface area contributed by atoms with Crippen molar-refractivity contribution in [3.63, 3.8) is 0 Å². The maximum absolute atomic E-state index is 7.30. The predicted molar refractivity (Wildman–Crippen MR) is 104 cm³/mol. The molecule has 0 aliphatic carbocycles. The molecule has 0 saturated heterocycles. The van der Waals surface area contributed by atoms with Gasteiger partial charge in [-0.1, -0.05) is 69.2 Å². The summed E-state index contributed by atoms with van der Waals surface area (Å²) in [5, 5.41) is 0. The van der Waals surface area contributed by atoms with Crippen LogP contribution in [0.3, 0.4) is 0 Å². The van der Waals surface area contributed by atoms with Crippen molar-refractivity contribution >= 4 is 16.9 Å². The van der Waals surface area contributed by atoms with E-state index >= 15 is 0 Å². The van der Waals surface area contributed by atoms with Gasteiger partial charge in [0.25, 0.3) is 0 Å². The summed E-state index contributed by atoms with van der Waals surface area (Å²) in [6.07, 6.45) is 0.231. The molecule has 0 unspecified atom stereocenters. The van der Waals surface area contributed by atoms with E-state index in [-0.39, 0.29) is 6.10 Å². The van der Waals surface area contributed by atoms with Crippen LogP contribution in [-0.4, -0.2) is 23.0 Å². The molecule has 0 saturated carbocycles. The molecular formula is C18H42O2Si2. The van der Waals surface area contributed by atoms with E-state index < -0.39 is 16.9 Å². The van der Waals surface area contributed by atoms with Gasteiger partial charge >= 0.3 is 8.56 Å². The highest BCUT2D eigenvalue weighted by molar-refractivity contribution is 6.87. The lowest BCUT2D eigenvalue weighted by atomic mass is 10.5. The molecule has 0 aromatic rings. The van der Waals surface area contributed by atoms with Crippen molar-refractivity contribution in [3.05, 3.63) is 0 Å². The van der Waals surface area contributed by atoms with Crippen LogP contribution in [0.1, 0.15) is 83.1 Å². The van der Waals surface area contributed by atoms with Gasteiger partial charge in [-0.2, -0.15) is 0 Å². The zero-order valence-electron chi connectivity index (χ0n) is 17.3. The van der Waals surface area contributed by atoms with Crippen LogP contribution in [0.25, 0.3) is 0 Å². The lowest BCUT2D eigenvalue weighted by molar-refractivity contribution is 0.160. The maximum Gasteiger partial charge on any atom is 0.333 e. The highest BCUT2D eigenvalue weighted by Gasteiger charge is 2.55. The third-order valence-corrected chi connectivity index (χ3v) is 17.2. The third-order valence-electron chi connectivity index (χ3n) is 5.07. The summed E-state index contributed by atoms with van der Waals surface area (Å²) in [6.45, 7) is 27.7. The summed E-state index contributed by atoms with van der Waals surface area (Å²) in [7, 11) is -4.19. The zero-order valence-corrected chi connectivity index (χ0v) is 19.3. The summed E-state index contributed by atoms with van der Waals surface area (Å²) in [5.41, 5.74) is 2.75. The first-order valence-electron chi connectivity index (χ1n) is 9.22. The molecule has 0 atom stereocenters. The van der Waals surface area contributed by atoms with Gasteiger partial charge in [0.1, 0.15) is 0 Å². The van der Waals surface area contributed by atoms with E-state index in [0.29, 0.717) is 27.7 Å². The van der Waals surface area contributed by atoms with Gasteiger partial charge in [0.05, 0.1) is 0 Å². The first-order valence-corrected chi connectivity index (χ1v) is 13.3. The van der Waals surface area contributed by atoms with Crippen LogP contribution in [-0.2, 0) is 8.54 Å². The van der Waals surface area contributed by atoms with E-state index in [4.69, 9.17) is 8.54 Å². The molecular weight excluding hydrogens is 304 g/mol. The van der Waals surface area contributed by atoms with Crippen molar-refractivity contribution in [2.24, 2.45) is 0 Å². The molecule has 0 aliphatic heterocycles. The molecule has 0 aromatic heterocycles. The molecule has 4 heteroatoms. The largest absolute Gasteiger partial charge is 0.434 e. The van der Waals surface area contributed by atoms with Crippen molar-refractivity contribution in [1.29, 1.82) is 0 Å². The van der Waals surface area contributed by atoms with E-state index in [1.54, 1.807) is 0 Å². The van der Waals surface area contributed by atoms with Crippen molar-refractivity contribution in [2.75, 3.05) is 0 Å². The van der Waals surface area contributed by atoms with Crippen molar-refractivity contribution in [2.45, 2.75) is 117 Å². The van der Waals surface area contributed by atoms with Gasteiger partial charge in [0.2, 0.25) is 0 Å². The van der Waals surface area contributed by atoms with Crippen LogP contribution in [0.2, 0.25) is 27.7 Å². The molecule has 22 heavy (non-hydrogen) atoms. The zero-order chi connectivity index (χ0) is 17.9. The minimum Gasteiger partial charge on any atom is -0.434 e. The lowest BCUT2D eigenvalue weighted by Crippen LogP contribution is -2.61.